The molecule has 1 saturated carbocycles. The van der Waals surface area contributed by atoms with Crippen LogP contribution in [0.25, 0.3) is 0 Å². The number of nitrogens with two attached hydrogens (primary N) is 1. The Bertz CT molecular complexity index is 312. The van der Waals surface area contributed by atoms with Gasteiger partial charge in [-0.2, -0.15) is 0 Å². The molecule has 0 aliphatic heterocycles. The van der Waals surface area contributed by atoms with Crippen molar-refractivity contribution in [1.29, 1.82) is 0 Å². The van der Waals surface area contributed by atoms with Crippen molar-refractivity contribution in [1.82, 2.24) is 0 Å². The van der Waals surface area contributed by atoms with Crippen LogP contribution < -0.4 is 10.5 Å². The number of hydrogen-bond acceptors (Lipinski definition) is 2. The van der Waals surface area contributed by atoms with Crippen molar-refractivity contribution >= 4 is 12.4 Å². The van der Waals surface area contributed by atoms with Crippen LogP contribution in [0.4, 0.5) is 0 Å². The Hall–Kier alpha value is -0.730. The van der Waals surface area contributed by atoms with E-state index in [9.17, 15) is 0 Å². The van der Waals surface area contributed by atoms with Gasteiger partial charge in [-0.15, -0.1) is 12.4 Å². The molecular weight excluding hydrogens is 210 g/mol. The van der Waals surface area contributed by atoms with E-state index in [1.807, 2.05) is 25.1 Å². The molecule has 15 heavy (non-hydrogen) atoms. The van der Waals surface area contributed by atoms with E-state index >= 15 is 0 Å². The molecule has 1 aliphatic rings. The molecular formula is C12H18ClNO. The van der Waals surface area contributed by atoms with Crippen molar-refractivity contribution in [3.05, 3.63) is 29.8 Å². The number of halogens is 1. The lowest BCUT2D eigenvalue weighted by atomic mass is 10.0. The van der Waals surface area contributed by atoms with E-state index in [2.05, 4.69) is 6.07 Å². The predicted octanol–water partition coefficient (Wildman–Crippen LogP) is 2.92. The van der Waals surface area contributed by atoms with Crippen LogP contribution in [0, 0.1) is 5.92 Å². The Labute approximate surface area is 97.2 Å². The average Bonchev–Trinajstić information content (AvgIpc) is 3.01. The molecule has 1 atom stereocenters. The van der Waals surface area contributed by atoms with E-state index < -0.39 is 0 Å². The summed E-state index contributed by atoms with van der Waals surface area (Å²) in [5.41, 5.74) is 7.32. The summed E-state index contributed by atoms with van der Waals surface area (Å²) in [6, 6.07) is 8.27. The first-order valence-corrected chi connectivity index (χ1v) is 5.30. The third-order valence-corrected chi connectivity index (χ3v) is 2.71. The lowest BCUT2D eigenvalue weighted by Crippen LogP contribution is -2.13. The summed E-state index contributed by atoms with van der Waals surface area (Å²) in [6.07, 6.45) is 2.53. The van der Waals surface area contributed by atoms with Gasteiger partial charge >= 0.3 is 0 Å². The summed E-state index contributed by atoms with van der Waals surface area (Å²) in [7, 11) is 0. The number of ether oxygens (including phenoxy) is 1. The Balaban J connectivity index is 0.00000112. The Morgan fingerprint density at radius 2 is 2.07 bits per heavy atom. The molecule has 3 heteroatoms. The number of hydrogen-bond donors (Lipinski definition) is 1. The van der Waals surface area contributed by atoms with Gasteiger partial charge in [0.25, 0.3) is 0 Å². The zero-order valence-electron chi connectivity index (χ0n) is 8.98. The van der Waals surface area contributed by atoms with Crippen LogP contribution >= 0.6 is 12.4 Å². The van der Waals surface area contributed by atoms with Gasteiger partial charge in [0, 0.05) is 11.6 Å². The zero-order valence-corrected chi connectivity index (χ0v) is 9.80. The van der Waals surface area contributed by atoms with Crippen molar-refractivity contribution < 1.29 is 4.74 Å². The fraction of sp³-hybridized carbons (Fsp3) is 0.500. The minimum absolute atomic E-state index is 0. The minimum Gasteiger partial charge on any atom is -0.494 e. The summed E-state index contributed by atoms with van der Waals surface area (Å²) in [5, 5.41) is 0. The molecule has 0 bridgehead atoms. The summed E-state index contributed by atoms with van der Waals surface area (Å²) in [4.78, 5) is 0. The van der Waals surface area contributed by atoms with Gasteiger partial charge in [0.1, 0.15) is 5.75 Å². The van der Waals surface area contributed by atoms with Crippen molar-refractivity contribution in [2.45, 2.75) is 25.8 Å². The number of benzene rings is 1. The molecule has 1 aliphatic carbocycles. The second kappa shape index (κ2) is 5.38. The maximum absolute atomic E-state index is 6.15. The van der Waals surface area contributed by atoms with Gasteiger partial charge in [0.15, 0.2) is 0 Å². The Morgan fingerprint density at radius 3 is 2.67 bits per heavy atom. The normalized spacial score (nSPS) is 16.7. The molecule has 0 aromatic heterocycles. The SMILES string of the molecule is CCOc1ccccc1[C@H](N)C1CC1.Cl. The summed E-state index contributed by atoms with van der Waals surface area (Å²) >= 11 is 0. The van der Waals surface area contributed by atoms with Crippen LogP contribution in [0.5, 0.6) is 5.75 Å². The molecule has 0 saturated heterocycles. The van der Waals surface area contributed by atoms with Crippen molar-refractivity contribution in [3.8, 4) is 5.75 Å². The lowest BCUT2D eigenvalue weighted by Gasteiger charge is -2.15. The highest BCUT2D eigenvalue weighted by Crippen LogP contribution is 2.41. The third-order valence-electron chi connectivity index (χ3n) is 2.71. The molecule has 2 nitrogen and oxygen atoms in total. The van der Waals surface area contributed by atoms with Gasteiger partial charge in [-0.3, -0.25) is 0 Å². The van der Waals surface area contributed by atoms with E-state index in [4.69, 9.17) is 10.5 Å². The Kier molecular flexibility index (Phi) is 4.43. The van der Waals surface area contributed by atoms with Crippen molar-refractivity contribution in [2.75, 3.05) is 6.61 Å². The molecule has 0 amide bonds. The number of rotatable bonds is 4. The van der Waals surface area contributed by atoms with Crippen LogP contribution in [-0.2, 0) is 0 Å². The lowest BCUT2D eigenvalue weighted by molar-refractivity contribution is 0.333. The van der Waals surface area contributed by atoms with Crippen LogP contribution in [0.1, 0.15) is 31.4 Å². The largest absolute Gasteiger partial charge is 0.494 e. The van der Waals surface area contributed by atoms with E-state index in [1.165, 1.54) is 12.8 Å². The average molecular weight is 228 g/mol. The first-order chi connectivity index (χ1) is 6.83. The molecule has 84 valence electrons. The second-order valence-electron chi connectivity index (χ2n) is 3.83. The fourth-order valence-corrected chi connectivity index (χ4v) is 1.75. The second-order valence-corrected chi connectivity index (χ2v) is 3.83. The van der Waals surface area contributed by atoms with Crippen LogP contribution in [0.2, 0.25) is 0 Å². The van der Waals surface area contributed by atoms with Gasteiger partial charge in [-0.05, 0) is 31.7 Å². The summed E-state index contributed by atoms with van der Waals surface area (Å²) in [5.74, 6) is 1.63. The third kappa shape index (κ3) is 2.86. The maximum atomic E-state index is 6.15. The van der Waals surface area contributed by atoms with Gasteiger partial charge in [-0.1, -0.05) is 18.2 Å². The highest BCUT2D eigenvalue weighted by Gasteiger charge is 2.30. The standard InChI is InChI=1S/C12H17NO.ClH/c1-2-14-11-6-4-3-5-10(11)12(13)9-7-8-9;/h3-6,9,12H,2,7-8,13H2,1H3;1H/t12-;/m1./s1. The van der Waals surface area contributed by atoms with E-state index in [1.54, 1.807) is 0 Å². The van der Waals surface area contributed by atoms with Gasteiger partial charge in [0.2, 0.25) is 0 Å². The molecule has 0 unspecified atom stereocenters. The molecule has 0 spiro atoms. The molecule has 1 fully saturated rings. The van der Waals surface area contributed by atoms with Gasteiger partial charge in [-0.25, -0.2) is 0 Å². The van der Waals surface area contributed by atoms with Crippen LogP contribution in [0.3, 0.4) is 0 Å². The monoisotopic (exact) mass is 227 g/mol. The topological polar surface area (TPSA) is 35.2 Å². The maximum Gasteiger partial charge on any atom is 0.124 e. The number of para-hydroxylation sites is 1. The van der Waals surface area contributed by atoms with Crippen LogP contribution in [-0.4, -0.2) is 6.61 Å². The van der Waals surface area contributed by atoms with Crippen molar-refractivity contribution in [2.24, 2.45) is 11.7 Å². The van der Waals surface area contributed by atoms with E-state index in [-0.39, 0.29) is 18.4 Å². The van der Waals surface area contributed by atoms with Crippen molar-refractivity contribution in [3.63, 3.8) is 0 Å². The molecule has 2 rings (SSSR count). The summed E-state index contributed by atoms with van der Waals surface area (Å²) in [6.45, 7) is 2.70. The molecule has 0 heterocycles. The highest BCUT2D eigenvalue weighted by molar-refractivity contribution is 5.85. The smallest absolute Gasteiger partial charge is 0.124 e. The molecule has 1 aromatic carbocycles. The fourth-order valence-electron chi connectivity index (χ4n) is 1.75. The van der Waals surface area contributed by atoms with Crippen LogP contribution in [0.15, 0.2) is 24.3 Å². The zero-order chi connectivity index (χ0) is 9.97. The highest BCUT2D eigenvalue weighted by atomic mass is 35.5. The van der Waals surface area contributed by atoms with Gasteiger partial charge in [0.05, 0.1) is 6.61 Å². The predicted molar refractivity (Wildman–Crippen MR) is 64.5 cm³/mol. The Morgan fingerprint density at radius 1 is 1.40 bits per heavy atom. The molecule has 2 N–H and O–H groups in total. The quantitative estimate of drug-likeness (QED) is 0.859. The first kappa shape index (κ1) is 12.3. The summed E-state index contributed by atoms with van der Waals surface area (Å²) < 4.78 is 5.56. The minimum atomic E-state index is 0. The van der Waals surface area contributed by atoms with Gasteiger partial charge < -0.3 is 10.5 Å². The molecule has 1 aromatic rings. The first-order valence-electron chi connectivity index (χ1n) is 5.30. The molecule has 0 radical (unpaired) electrons. The van der Waals surface area contributed by atoms with E-state index in [0.717, 1.165) is 11.3 Å². The van der Waals surface area contributed by atoms with E-state index in [0.29, 0.717) is 12.5 Å².